The van der Waals surface area contributed by atoms with E-state index in [-0.39, 0.29) is 13.2 Å². The van der Waals surface area contributed by atoms with E-state index >= 15 is 0 Å². The molecule has 0 atom stereocenters. The molecular formula is C22H17NO4. The summed E-state index contributed by atoms with van der Waals surface area (Å²) in [6, 6.07) is 23.1. The maximum atomic E-state index is 12.2. The smallest absolute Gasteiger partial charge is 0.343 e. The molecule has 0 bridgehead atoms. The molecular weight excluding hydrogens is 342 g/mol. The first kappa shape index (κ1) is 18.2. The SMILES string of the molecule is N#Cc1ccc(-c2ccc(OC(=O)c3ccc(OCCO)cc3)cc2)cc1. The summed E-state index contributed by atoms with van der Waals surface area (Å²) in [5, 5.41) is 17.6. The molecule has 5 heteroatoms. The van der Waals surface area contributed by atoms with Crippen molar-refractivity contribution in [3.05, 3.63) is 83.9 Å². The summed E-state index contributed by atoms with van der Waals surface area (Å²) < 4.78 is 10.6. The van der Waals surface area contributed by atoms with Gasteiger partial charge in [-0.05, 0) is 59.7 Å². The van der Waals surface area contributed by atoms with Crippen LogP contribution in [0.3, 0.4) is 0 Å². The average Bonchev–Trinajstić information content (AvgIpc) is 2.73. The molecule has 5 nitrogen and oxygen atoms in total. The molecule has 1 N–H and O–H groups in total. The zero-order valence-electron chi connectivity index (χ0n) is 14.5. The first-order valence-electron chi connectivity index (χ1n) is 8.36. The summed E-state index contributed by atoms with van der Waals surface area (Å²) in [5.41, 5.74) is 2.95. The van der Waals surface area contributed by atoms with E-state index in [9.17, 15) is 4.79 Å². The molecule has 0 fully saturated rings. The number of aliphatic hydroxyl groups excluding tert-OH is 1. The third kappa shape index (κ3) is 4.72. The fourth-order valence-electron chi connectivity index (χ4n) is 2.47. The minimum absolute atomic E-state index is 0.0672. The second-order valence-electron chi connectivity index (χ2n) is 5.70. The molecule has 0 aromatic heterocycles. The predicted molar refractivity (Wildman–Crippen MR) is 101 cm³/mol. The van der Waals surface area contributed by atoms with Crippen LogP contribution in [0.4, 0.5) is 0 Å². The highest BCUT2D eigenvalue weighted by atomic mass is 16.5. The fraction of sp³-hybridized carbons (Fsp3) is 0.0909. The van der Waals surface area contributed by atoms with Gasteiger partial charge in [-0.1, -0.05) is 24.3 Å². The zero-order valence-corrected chi connectivity index (χ0v) is 14.5. The molecule has 3 aromatic carbocycles. The van der Waals surface area contributed by atoms with E-state index in [0.29, 0.717) is 22.6 Å². The van der Waals surface area contributed by atoms with Crippen molar-refractivity contribution in [3.8, 4) is 28.7 Å². The predicted octanol–water partition coefficient (Wildman–Crippen LogP) is 3.82. The Morgan fingerprint density at radius 3 is 1.96 bits per heavy atom. The van der Waals surface area contributed by atoms with Crippen molar-refractivity contribution in [2.24, 2.45) is 0 Å². The van der Waals surface area contributed by atoms with E-state index in [4.69, 9.17) is 19.8 Å². The van der Waals surface area contributed by atoms with Crippen molar-refractivity contribution in [2.45, 2.75) is 0 Å². The molecule has 0 aliphatic heterocycles. The Bertz CT molecular complexity index is 940. The maximum absolute atomic E-state index is 12.2. The molecule has 0 heterocycles. The number of nitrogens with zero attached hydrogens (tertiary/aromatic N) is 1. The van der Waals surface area contributed by atoms with Crippen molar-refractivity contribution < 1.29 is 19.4 Å². The van der Waals surface area contributed by atoms with Gasteiger partial charge in [0.2, 0.25) is 0 Å². The van der Waals surface area contributed by atoms with Crippen LogP contribution in [-0.2, 0) is 0 Å². The molecule has 0 aliphatic rings. The highest BCUT2D eigenvalue weighted by molar-refractivity contribution is 5.91. The first-order valence-corrected chi connectivity index (χ1v) is 8.36. The van der Waals surface area contributed by atoms with E-state index in [2.05, 4.69) is 6.07 Å². The van der Waals surface area contributed by atoms with E-state index in [1.54, 1.807) is 48.5 Å². The number of hydrogen-bond donors (Lipinski definition) is 1. The molecule has 0 spiro atoms. The lowest BCUT2D eigenvalue weighted by Crippen LogP contribution is -2.08. The topological polar surface area (TPSA) is 79.5 Å². The van der Waals surface area contributed by atoms with E-state index in [1.165, 1.54) is 0 Å². The number of hydrogen-bond acceptors (Lipinski definition) is 5. The van der Waals surface area contributed by atoms with Gasteiger partial charge in [0.25, 0.3) is 0 Å². The monoisotopic (exact) mass is 359 g/mol. The van der Waals surface area contributed by atoms with E-state index < -0.39 is 5.97 Å². The molecule has 27 heavy (non-hydrogen) atoms. The van der Waals surface area contributed by atoms with Gasteiger partial charge in [0.15, 0.2) is 0 Å². The molecule has 0 unspecified atom stereocenters. The van der Waals surface area contributed by atoms with Gasteiger partial charge in [-0.25, -0.2) is 4.79 Å². The zero-order chi connectivity index (χ0) is 19.1. The normalized spacial score (nSPS) is 10.1. The molecule has 0 saturated carbocycles. The molecule has 0 amide bonds. The van der Waals surface area contributed by atoms with Gasteiger partial charge in [0, 0.05) is 0 Å². The highest BCUT2D eigenvalue weighted by Crippen LogP contribution is 2.23. The Morgan fingerprint density at radius 2 is 1.41 bits per heavy atom. The highest BCUT2D eigenvalue weighted by Gasteiger charge is 2.09. The number of carbonyl (C=O) groups excluding carboxylic acids is 1. The summed E-state index contributed by atoms with van der Waals surface area (Å²) in [6.07, 6.45) is 0. The average molecular weight is 359 g/mol. The van der Waals surface area contributed by atoms with Gasteiger partial charge in [0.1, 0.15) is 18.1 Å². The molecule has 0 radical (unpaired) electrons. The van der Waals surface area contributed by atoms with Crippen molar-refractivity contribution in [1.29, 1.82) is 5.26 Å². The lowest BCUT2D eigenvalue weighted by atomic mass is 10.0. The lowest BCUT2D eigenvalue weighted by Gasteiger charge is -2.07. The number of ether oxygens (including phenoxy) is 2. The number of esters is 1. The van der Waals surface area contributed by atoms with Crippen LogP contribution in [0.15, 0.2) is 72.8 Å². The largest absolute Gasteiger partial charge is 0.491 e. The van der Waals surface area contributed by atoms with Crippen molar-refractivity contribution in [3.63, 3.8) is 0 Å². The lowest BCUT2D eigenvalue weighted by molar-refractivity contribution is 0.0734. The number of aliphatic hydroxyl groups is 1. The number of rotatable bonds is 6. The van der Waals surface area contributed by atoms with Crippen molar-refractivity contribution in [1.82, 2.24) is 0 Å². The Hall–Kier alpha value is -3.62. The minimum atomic E-state index is -0.463. The van der Waals surface area contributed by atoms with Crippen LogP contribution in [0.1, 0.15) is 15.9 Å². The van der Waals surface area contributed by atoms with E-state index in [1.807, 2.05) is 24.3 Å². The Labute approximate surface area is 157 Å². The van der Waals surface area contributed by atoms with Crippen LogP contribution in [0.5, 0.6) is 11.5 Å². The molecule has 0 aliphatic carbocycles. The van der Waals surface area contributed by atoms with Crippen LogP contribution in [0.2, 0.25) is 0 Å². The summed E-state index contributed by atoms with van der Waals surface area (Å²) in [4.78, 5) is 12.2. The molecule has 134 valence electrons. The third-order valence-corrected chi connectivity index (χ3v) is 3.86. The number of nitriles is 1. The molecule has 3 aromatic rings. The second kappa shape index (κ2) is 8.65. The fourth-order valence-corrected chi connectivity index (χ4v) is 2.47. The van der Waals surface area contributed by atoms with Crippen LogP contribution in [-0.4, -0.2) is 24.3 Å². The second-order valence-corrected chi connectivity index (χ2v) is 5.70. The Morgan fingerprint density at radius 1 is 0.852 bits per heavy atom. The van der Waals surface area contributed by atoms with Crippen molar-refractivity contribution in [2.75, 3.05) is 13.2 Å². The van der Waals surface area contributed by atoms with Crippen LogP contribution in [0.25, 0.3) is 11.1 Å². The van der Waals surface area contributed by atoms with E-state index in [0.717, 1.165) is 11.1 Å². The van der Waals surface area contributed by atoms with Crippen LogP contribution in [0, 0.1) is 11.3 Å². The van der Waals surface area contributed by atoms with Crippen LogP contribution >= 0.6 is 0 Å². The summed E-state index contributed by atoms with van der Waals surface area (Å²) in [6.45, 7) is 0.137. The first-order chi connectivity index (χ1) is 13.2. The summed E-state index contributed by atoms with van der Waals surface area (Å²) in [7, 11) is 0. The summed E-state index contributed by atoms with van der Waals surface area (Å²) >= 11 is 0. The number of benzene rings is 3. The quantitative estimate of drug-likeness (QED) is 0.535. The summed E-state index contributed by atoms with van der Waals surface area (Å²) in [5.74, 6) is 0.556. The van der Waals surface area contributed by atoms with Gasteiger partial charge in [0.05, 0.1) is 23.8 Å². The van der Waals surface area contributed by atoms with Gasteiger partial charge >= 0.3 is 5.97 Å². The minimum Gasteiger partial charge on any atom is -0.491 e. The van der Waals surface area contributed by atoms with Gasteiger partial charge < -0.3 is 14.6 Å². The van der Waals surface area contributed by atoms with Gasteiger partial charge in [-0.3, -0.25) is 0 Å². The van der Waals surface area contributed by atoms with Crippen molar-refractivity contribution >= 4 is 5.97 Å². The standard InChI is InChI=1S/C22H17NO4/c23-15-16-1-3-17(4-2-16)18-5-11-21(12-6-18)27-22(25)19-7-9-20(10-8-19)26-14-13-24/h1-12,24H,13-14H2. The maximum Gasteiger partial charge on any atom is 0.343 e. The number of carbonyl (C=O) groups is 1. The molecule has 0 saturated heterocycles. The third-order valence-electron chi connectivity index (χ3n) is 3.86. The Balaban J connectivity index is 1.65. The van der Waals surface area contributed by atoms with Crippen LogP contribution < -0.4 is 9.47 Å². The Kier molecular flexibility index (Phi) is 5.83. The van der Waals surface area contributed by atoms with Gasteiger partial charge in [-0.15, -0.1) is 0 Å². The molecule has 3 rings (SSSR count). The van der Waals surface area contributed by atoms with Gasteiger partial charge in [-0.2, -0.15) is 5.26 Å².